The summed E-state index contributed by atoms with van der Waals surface area (Å²) in [5, 5.41) is 18.1. The number of benzene rings is 1. The third kappa shape index (κ3) is 3.34. The molecule has 2 aromatic heterocycles. The Bertz CT molecular complexity index is 1100. The summed E-state index contributed by atoms with van der Waals surface area (Å²) in [6.07, 6.45) is 0. The number of hydrogen-bond acceptors (Lipinski definition) is 7. The van der Waals surface area contributed by atoms with Crippen molar-refractivity contribution in [3.8, 4) is 0 Å². The van der Waals surface area contributed by atoms with Gasteiger partial charge in [0.1, 0.15) is 5.76 Å². The van der Waals surface area contributed by atoms with E-state index in [0.717, 1.165) is 0 Å². The van der Waals surface area contributed by atoms with Crippen molar-refractivity contribution < 1.29 is 9.45 Å². The molecule has 3 aromatic rings. The van der Waals surface area contributed by atoms with E-state index < -0.39 is 16.0 Å². The van der Waals surface area contributed by atoms with Gasteiger partial charge in [-0.3, -0.25) is 19.7 Å². The first-order valence-electron chi connectivity index (χ1n) is 7.80. The van der Waals surface area contributed by atoms with Crippen LogP contribution in [0.15, 0.2) is 32.3 Å². The zero-order valence-corrected chi connectivity index (χ0v) is 14.4. The minimum Gasteiger partial charge on any atom is -0.363 e. The van der Waals surface area contributed by atoms with Gasteiger partial charge in [-0.05, 0) is 0 Å². The number of H-pyrrole nitrogens is 2. The van der Waals surface area contributed by atoms with Crippen molar-refractivity contribution in [1.82, 2.24) is 15.1 Å². The molecular weight excluding hydrogens is 342 g/mol. The monoisotopic (exact) mass is 359 g/mol. The first-order valence-corrected chi connectivity index (χ1v) is 7.80. The van der Waals surface area contributed by atoms with E-state index in [2.05, 4.69) is 20.4 Å². The average molecular weight is 359 g/mol. The molecule has 0 aliphatic heterocycles. The Hall–Kier alpha value is -3.43. The highest BCUT2D eigenvalue weighted by Crippen LogP contribution is 2.26. The highest BCUT2D eigenvalue weighted by molar-refractivity contribution is 5.80. The maximum Gasteiger partial charge on any atom is 0.314 e. The predicted molar refractivity (Wildman–Crippen MR) is 94.4 cm³/mol. The topological polar surface area (TPSA) is 147 Å². The molecule has 3 N–H and O–H groups in total. The number of aromatic amines is 2. The highest BCUT2D eigenvalue weighted by atomic mass is 16.6. The third-order valence-corrected chi connectivity index (χ3v) is 3.82. The molecule has 1 aromatic carbocycles. The molecule has 136 valence electrons. The standard InChI is InChI=1S/C16H17N5O5/c1-16(2,3)11-6-12(20-26-11)17-7-8-4-9(21(24)25)5-10-13(8)19-15(23)14(22)18-10/h4-6H,7H2,1-3H3,(H,17,20)(H,18,22)(H,19,23). The van der Waals surface area contributed by atoms with Gasteiger partial charge < -0.3 is 19.8 Å². The summed E-state index contributed by atoms with van der Waals surface area (Å²) < 4.78 is 5.28. The molecule has 0 amide bonds. The van der Waals surface area contributed by atoms with Crippen LogP contribution in [-0.4, -0.2) is 20.0 Å². The normalized spacial score (nSPS) is 11.7. The Kier molecular flexibility index (Phi) is 4.10. The van der Waals surface area contributed by atoms with E-state index >= 15 is 0 Å². The summed E-state index contributed by atoms with van der Waals surface area (Å²) in [4.78, 5) is 38.5. The quantitative estimate of drug-likeness (QED) is 0.367. The smallest absolute Gasteiger partial charge is 0.314 e. The Morgan fingerprint density at radius 3 is 2.50 bits per heavy atom. The minimum absolute atomic E-state index is 0.135. The SMILES string of the molecule is CC(C)(C)c1cc(NCc2cc([N+](=O)[O-])cc3[nH]c(=O)c(=O)[nH]c23)no1. The van der Waals surface area contributed by atoms with E-state index in [1.54, 1.807) is 6.07 Å². The molecule has 0 unspecified atom stereocenters. The zero-order valence-electron chi connectivity index (χ0n) is 14.4. The van der Waals surface area contributed by atoms with E-state index in [4.69, 9.17) is 4.52 Å². The van der Waals surface area contributed by atoms with Crippen LogP contribution in [0.4, 0.5) is 11.5 Å². The number of nitrogens with one attached hydrogen (secondary N) is 3. The molecule has 0 aliphatic carbocycles. The van der Waals surface area contributed by atoms with Gasteiger partial charge in [-0.1, -0.05) is 25.9 Å². The van der Waals surface area contributed by atoms with Gasteiger partial charge >= 0.3 is 11.1 Å². The summed E-state index contributed by atoms with van der Waals surface area (Å²) in [5.41, 5.74) is -1.19. The number of non-ortho nitro benzene ring substituents is 1. The number of nitro benzene ring substituents is 1. The van der Waals surface area contributed by atoms with Crippen molar-refractivity contribution in [2.24, 2.45) is 0 Å². The molecule has 0 fully saturated rings. The van der Waals surface area contributed by atoms with Crippen molar-refractivity contribution in [3.05, 3.63) is 60.3 Å². The van der Waals surface area contributed by atoms with Gasteiger partial charge in [0.05, 0.1) is 16.0 Å². The number of nitrogens with zero attached hydrogens (tertiary/aromatic N) is 2. The molecule has 0 aliphatic rings. The largest absolute Gasteiger partial charge is 0.363 e. The summed E-state index contributed by atoms with van der Waals surface area (Å²) >= 11 is 0. The lowest BCUT2D eigenvalue weighted by molar-refractivity contribution is -0.384. The Morgan fingerprint density at radius 2 is 1.88 bits per heavy atom. The minimum atomic E-state index is -0.872. The van der Waals surface area contributed by atoms with Gasteiger partial charge in [0.15, 0.2) is 5.82 Å². The lowest BCUT2D eigenvalue weighted by Crippen LogP contribution is -2.29. The van der Waals surface area contributed by atoms with Crippen molar-refractivity contribution in [2.45, 2.75) is 32.7 Å². The van der Waals surface area contributed by atoms with E-state index in [1.165, 1.54) is 12.1 Å². The van der Waals surface area contributed by atoms with Crippen LogP contribution in [0, 0.1) is 10.1 Å². The molecule has 3 rings (SSSR count). The lowest BCUT2D eigenvalue weighted by atomic mass is 9.93. The third-order valence-electron chi connectivity index (χ3n) is 3.82. The van der Waals surface area contributed by atoms with Gasteiger partial charge in [0, 0.05) is 35.7 Å². The van der Waals surface area contributed by atoms with Crippen molar-refractivity contribution in [2.75, 3.05) is 5.32 Å². The summed E-state index contributed by atoms with van der Waals surface area (Å²) in [6.45, 7) is 6.07. The first kappa shape index (κ1) is 17.4. The van der Waals surface area contributed by atoms with Gasteiger partial charge in [-0.25, -0.2) is 0 Å². The number of hydrogen-bond donors (Lipinski definition) is 3. The summed E-state index contributed by atoms with van der Waals surface area (Å²) in [6, 6.07) is 4.27. The zero-order chi connectivity index (χ0) is 19.1. The highest BCUT2D eigenvalue weighted by Gasteiger charge is 2.20. The van der Waals surface area contributed by atoms with Crippen molar-refractivity contribution in [1.29, 1.82) is 0 Å². The first-order chi connectivity index (χ1) is 12.1. The fourth-order valence-electron chi connectivity index (χ4n) is 2.42. The summed E-state index contributed by atoms with van der Waals surface area (Å²) in [7, 11) is 0. The average Bonchev–Trinajstić information content (AvgIpc) is 3.03. The molecule has 0 saturated heterocycles. The maximum atomic E-state index is 11.6. The Morgan fingerprint density at radius 1 is 1.19 bits per heavy atom. The Labute approximate surface area is 146 Å². The molecule has 0 bridgehead atoms. The van der Waals surface area contributed by atoms with E-state index in [-0.39, 0.29) is 23.2 Å². The number of fused-ring (bicyclic) bond motifs is 1. The summed E-state index contributed by atoms with van der Waals surface area (Å²) in [5.74, 6) is 1.14. The molecule has 0 saturated carbocycles. The second-order valence-corrected chi connectivity index (χ2v) is 6.87. The van der Waals surface area contributed by atoms with Crippen molar-refractivity contribution >= 4 is 22.5 Å². The van der Waals surface area contributed by atoms with Crippen LogP contribution in [0.1, 0.15) is 32.1 Å². The molecule has 2 heterocycles. The molecule has 10 nitrogen and oxygen atoms in total. The van der Waals surface area contributed by atoms with E-state index in [1.807, 2.05) is 20.8 Å². The van der Waals surface area contributed by atoms with Crippen LogP contribution in [-0.2, 0) is 12.0 Å². The van der Waals surface area contributed by atoms with Crippen LogP contribution in [0.5, 0.6) is 0 Å². The maximum absolute atomic E-state index is 11.6. The molecule has 0 radical (unpaired) electrons. The molecule has 0 spiro atoms. The van der Waals surface area contributed by atoms with Crippen LogP contribution in [0.2, 0.25) is 0 Å². The molecule has 26 heavy (non-hydrogen) atoms. The van der Waals surface area contributed by atoms with Crippen LogP contribution < -0.4 is 16.4 Å². The fourth-order valence-corrected chi connectivity index (χ4v) is 2.42. The van der Waals surface area contributed by atoms with Gasteiger partial charge in [-0.2, -0.15) is 0 Å². The van der Waals surface area contributed by atoms with E-state index in [9.17, 15) is 19.7 Å². The Balaban J connectivity index is 1.99. The van der Waals surface area contributed by atoms with Gasteiger partial charge in [0.25, 0.3) is 5.69 Å². The van der Waals surface area contributed by atoms with Crippen molar-refractivity contribution in [3.63, 3.8) is 0 Å². The molecule has 0 atom stereocenters. The van der Waals surface area contributed by atoms with Gasteiger partial charge in [0.2, 0.25) is 0 Å². The van der Waals surface area contributed by atoms with Crippen LogP contribution in [0.3, 0.4) is 0 Å². The second-order valence-electron chi connectivity index (χ2n) is 6.87. The number of rotatable bonds is 4. The van der Waals surface area contributed by atoms with Crippen LogP contribution in [0.25, 0.3) is 11.0 Å². The number of nitro groups is 1. The van der Waals surface area contributed by atoms with Crippen LogP contribution >= 0.6 is 0 Å². The van der Waals surface area contributed by atoms with E-state index in [0.29, 0.717) is 22.7 Å². The fraction of sp³-hybridized carbons (Fsp3) is 0.312. The molecule has 10 heteroatoms. The van der Waals surface area contributed by atoms with Gasteiger partial charge in [-0.15, -0.1) is 0 Å². The molecular formula is C16H17N5O5. The lowest BCUT2D eigenvalue weighted by Gasteiger charge is -2.12. The predicted octanol–water partition coefficient (Wildman–Crippen LogP) is 2.02. The number of anilines is 1. The second kappa shape index (κ2) is 6.14. The number of aromatic nitrogens is 3.